The quantitative estimate of drug-likeness (QED) is 0.175. The molecule has 0 atom stereocenters. The summed E-state index contributed by atoms with van der Waals surface area (Å²) in [6, 6.07) is 64.4. The van der Waals surface area contributed by atoms with E-state index in [1.807, 2.05) is 84.9 Å². The molecule has 12 aromatic rings. The Bertz CT molecular complexity index is 3680. The zero-order valence-electron chi connectivity index (χ0n) is 31.4. The number of para-hydroxylation sites is 4. The molecular formula is C52H30N6O. The average molecular weight is 755 g/mol. The van der Waals surface area contributed by atoms with Crippen LogP contribution >= 0.6 is 0 Å². The summed E-state index contributed by atoms with van der Waals surface area (Å²) in [5.74, 6) is 1.52. The van der Waals surface area contributed by atoms with Crippen LogP contribution in [0.3, 0.4) is 0 Å². The van der Waals surface area contributed by atoms with Crippen molar-refractivity contribution in [3.05, 3.63) is 188 Å². The Morgan fingerprint density at radius 2 is 1.00 bits per heavy atom. The van der Waals surface area contributed by atoms with Crippen LogP contribution in [-0.4, -0.2) is 24.1 Å². The Balaban J connectivity index is 1.08. The van der Waals surface area contributed by atoms with Crippen LogP contribution in [0.4, 0.5) is 0 Å². The molecule has 7 heteroatoms. The van der Waals surface area contributed by atoms with Crippen LogP contribution in [0.25, 0.3) is 111 Å². The van der Waals surface area contributed by atoms with E-state index in [2.05, 4.69) is 112 Å². The molecule has 0 fully saturated rings. The Morgan fingerprint density at radius 3 is 1.76 bits per heavy atom. The lowest BCUT2D eigenvalue weighted by Crippen LogP contribution is -2.02. The van der Waals surface area contributed by atoms with Crippen molar-refractivity contribution < 1.29 is 4.42 Å². The fourth-order valence-electron chi connectivity index (χ4n) is 8.79. The molecule has 274 valence electrons. The van der Waals surface area contributed by atoms with E-state index in [-0.39, 0.29) is 0 Å². The highest BCUT2D eigenvalue weighted by Crippen LogP contribution is 2.43. The maximum atomic E-state index is 11.0. The van der Waals surface area contributed by atoms with Gasteiger partial charge in [-0.3, -0.25) is 0 Å². The summed E-state index contributed by atoms with van der Waals surface area (Å²) in [4.78, 5) is 15.0. The molecule has 0 bridgehead atoms. The molecule has 0 unspecified atom stereocenters. The van der Waals surface area contributed by atoms with Crippen molar-refractivity contribution >= 4 is 65.6 Å². The first kappa shape index (κ1) is 32.9. The summed E-state index contributed by atoms with van der Waals surface area (Å²) < 4.78 is 10.8. The highest BCUT2D eigenvalue weighted by atomic mass is 16.3. The lowest BCUT2D eigenvalue weighted by Gasteiger charge is -2.13. The SMILES string of the molecule is N#Cc1cc(-c2nc(-c3ccccc3)nc(-c3ccc4c(c3)oc3ccccc34)n2)ccc1-n1c2ccccc2c2ccc3c(c4ccccc4n3-c3ccccc3)c21. The third-order valence-electron chi connectivity index (χ3n) is 11.4. The lowest BCUT2D eigenvalue weighted by molar-refractivity contribution is 0.669. The van der Waals surface area contributed by atoms with Crippen LogP contribution in [0, 0.1) is 11.3 Å². The van der Waals surface area contributed by atoms with Crippen molar-refractivity contribution in [2.24, 2.45) is 0 Å². The van der Waals surface area contributed by atoms with Gasteiger partial charge in [-0.15, -0.1) is 0 Å². The molecule has 0 saturated carbocycles. The van der Waals surface area contributed by atoms with Gasteiger partial charge in [-0.05, 0) is 66.7 Å². The number of aromatic nitrogens is 5. The van der Waals surface area contributed by atoms with Gasteiger partial charge in [-0.2, -0.15) is 5.26 Å². The summed E-state index contributed by atoms with van der Waals surface area (Å²) in [5, 5.41) is 17.6. The van der Waals surface area contributed by atoms with E-state index >= 15 is 0 Å². The molecule has 59 heavy (non-hydrogen) atoms. The second-order valence-electron chi connectivity index (χ2n) is 14.7. The van der Waals surface area contributed by atoms with Crippen molar-refractivity contribution in [3.8, 4) is 51.6 Å². The highest BCUT2D eigenvalue weighted by molar-refractivity contribution is 6.26. The van der Waals surface area contributed by atoms with Gasteiger partial charge in [0.05, 0.1) is 33.3 Å². The van der Waals surface area contributed by atoms with Crippen LogP contribution in [-0.2, 0) is 0 Å². The van der Waals surface area contributed by atoms with Crippen LogP contribution < -0.4 is 0 Å². The molecule has 4 aromatic heterocycles. The molecule has 0 amide bonds. The number of nitriles is 1. The molecule has 0 spiro atoms. The van der Waals surface area contributed by atoms with Gasteiger partial charge in [0.15, 0.2) is 17.5 Å². The monoisotopic (exact) mass is 754 g/mol. The van der Waals surface area contributed by atoms with E-state index in [9.17, 15) is 5.26 Å². The first-order chi connectivity index (χ1) is 29.2. The number of fused-ring (bicyclic) bond motifs is 10. The first-order valence-corrected chi connectivity index (χ1v) is 19.5. The summed E-state index contributed by atoms with van der Waals surface area (Å²) in [6.07, 6.45) is 0. The Labute approximate surface area is 337 Å². The molecular weight excluding hydrogens is 725 g/mol. The van der Waals surface area contributed by atoms with Gasteiger partial charge in [-0.25, -0.2) is 15.0 Å². The summed E-state index contributed by atoms with van der Waals surface area (Å²) in [7, 11) is 0. The van der Waals surface area contributed by atoms with Gasteiger partial charge in [-0.1, -0.05) is 115 Å². The van der Waals surface area contributed by atoms with E-state index in [0.29, 0.717) is 28.6 Å². The molecule has 7 nitrogen and oxygen atoms in total. The van der Waals surface area contributed by atoms with E-state index in [1.54, 1.807) is 0 Å². The fourth-order valence-corrected chi connectivity index (χ4v) is 8.79. The number of nitrogens with zero attached hydrogens (tertiary/aromatic N) is 6. The zero-order chi connectivity index (χ0) is 39.0. The number of furan rings is 1. The van der Waals surface area contributed by atoms with E-state index < -0.39 is 0 Å². The standard InChI is InChI=1S/C52H30N6O/c53-31-35-29-33(51-54-50(32-13-3-1-4-14-32)55-52(56-51)34-23-25-39-38-18-9-12-22-46(38)59-47(39)30-34)24-27-42(35)58-43-20-10-7-17-37(43)40-26-28-45-48(49(40)58)41-19-8-11-21-44(41)57(45)36-15-5-2-6-16-36/h1-30H. The summed E-state index contributed by atoms with van der Waals surface area (Å²) in [6.45, 7) is 0. The molecule has 0 radical (unpaired) electrons. The number of rotatable bonds is 5. The molecule has 0 aliphatic heterocycles. The third kappa shape index (κ3) is 5.04. The predicted octanol–water partition coefficient (Wildman–Crippen LogP) is 12.8. The largest absolute Gasteiger partial charge is 0.456 e. The van der Waals surface area contributed by atoms with Crippen LogP contribution in [0.15, 0.2) is 186 Å². The summed E-state index contributed by atoms with van der Waals surface area (Å²) >= 11 is 0. The molecule has 8 aromatic carbocycles. The molecule has 4 heterocycles. The van der Waals surface area contributed by atoms with Gasteiger partial charge in [0.25, 0.3) is 0 Å². The number of benzene rings is 8. The molecule has 0 N–H and O–H groups in total. The maximum Gasteiger partial charge on any atom is 0.164 e. The maximum absolute atomic E-state index is 11.0. The Kier molecular flexibility index (Phi) is 7.16. The number of hydrogen-bond acceptors (Lipinski definition) is 5. The normalized spacial score (nSPS) is 11.7. The van der Waals surface area contributed by atoms with Crippen LogP contribution in [0.2, 0.25) is 0 Å². The minimum absolute atomic E-state index is 0.470. The highest BCUT2D eigenvalue weighted by Gasteiger charge is 2.23. The van der Waals surface area contributed by atoms with Gasteiger partial charge in [0.2, 0.25) is 0 Å². The smallest absolute Gasteiger partial charge is 0.164 e. The summed E-state index contributed by atoms with van der Waals surface area (Å²) in [5.41, 5.74) is 10.6. The van der Waals surface area contributed by atoms with E-state index in [0.717, 1.165) is 88.1 Å². The number of hydrogen-bond donors (Lipinski definition) is 0. The minimum atomic E-state index is 0.470. The van der Waals surface area contributed by atoms with Gasteiger partial charge in [0, 0.05) is 54.7 Å². The van der Waals surface area contributed by atoms with Crippen molar-refractivity contribution in [2.75, 3.05) is 0 Å². The zero-order valence-corrected chi connectivity index (χ0v) is 31.4. The second-order valence-corrected chi connectivity index (χ2v) is 14.7. The predicted molar refractivity (Wildman–Crippen MR) is 237 cm³/mol. The lowest BCUT2D eigenvalue weighted by atomic mass is 10.1. The minimum Gasteiger partial charge on any atom is -0.456 e. The molecule has 0 aliphatic rings. The Morgan fingerprint density at radius 1 is 0.424 bits per heavy atom. The Hall–Kier alpha value is -8.34. The molecule has 0 saturated heterocycles. The van der Waals surface area contributed by atoms with Gasteiger partial charge >= 0.3 is 0 Å². The average Bonchev–Trinajstić information content (AvgIpc) is 3.96. The molecule has 0 aliphatic carbocycles. The third-order valence-corrected chi connectivity index (χ3v) is 11.4. The van der Waals surface area contributed by atoms with E-state index in [4.69, 9.17) is 19.4 Å². The van der Waals surface area contributed by atoms with Gasteiger partial charge in [0.1, 0.15) is 17.2 Å². The van der Waals surface area contributed by atoms with Gasteiger partial charge < -0.3 is 13.6 Å². The van der Waals surface area contributed by atoms with Crippen LogP contribution in [0.5, 0.6) is 0 Å². The topological polar surface area (TPSA) is 85.5 Å². The fraction of sp³-hybridized carbons (Fsp3) is 0. The van der Waals surface area contributed by atoms with Crippen molar-refractivity contribution in [2.45, 2.75) is 0 Å². The van der Waals surface area contributed by atoms with Crippen molar-refractivity contribution in [1.29, 1.82) is 5.26 Å². The second kappa shape index (κ2) is 12.8. The van der Waals surface area contributed by atoms with E-state index in [1.165, 1.54) is 0 Å². The first-order valence-electron chi connectivity index (χ1n) is 19.5. The molecule has 12 rings (SSSR count). The van der Waals surface area contributed by atoms with Crippen molar-refractivity contribution in [1.82, 2.24) is 24.1 Å². The van der Waals surface area contributed by atoms with Crippen molar-refractivity contribution in [3.63, 3.8) is 0 Å². The van der Waals surface area contributed by atoms with Crippen LogP contribution in [0.1, 0.15) is 5.56 Å².